The van der Waals surface area contributed by atoms with Crippen LogP contribution in [0.4, 0.5) is 11.5 Å². The second-order valence-electron chi connectivity index (χ2n) is 4.33. The number of hydrogen-bond acceptors (Lipinski definition) is 5. The SMILES string of the molecule is COC(=O)c1cncc(Nc2cc(C)c(Br)c(C)c2)n1. The van der Waals surface area contributed by atoms with Crippen molar-refractivity contribution in [3.8, 4) is 0 Å². The highest BCUT2D eigenvalue weighted by Crippen LogP contribution is 2.26. The van der Waals surface area contributed by atoms with Crippen molar-refractivity contribution in [1.29, 1.82) is 0 Å². The normalized spacial score (nSPS) is 10.2. The molecule has 1 aromatic heterocycles. The summed E-state index contributed by atoms with van der Waals surface area (Å²) in [5, 5.41) is 3.13. The molecule has 0 fully saturated rings. The Balaban J connectivity index is 2.28. The minimum atomic E-state index is -0.510. The van der Waals surface area contributed by atoms with Crippen molar-refractivity contribution in [2.24, 2.45) is 0 Å². The maximum Gasteiger partial charge on any atom is 0.358 e. The molecular formula is C14H14BrN3O2. The van der Waals surface area contributed by atoms with E-state index in [0.717, 1.165) is 21.3 Å². The Morgan fingerprint density at radius 1 is 1.25 bits per heavy atom. The number of aromatic nitrogens is 2. The summed E-state index contributed by atoms with van der Waals surface area (Å²) < 4.78 is 5.70. The summed E-state index contributed by atoms with van der Waals surface area (Å²) in [5.41, 5.74) is 3.29. The molecule has 6 heteroatoms. The third-order valence-corrected chi connectivity index (χ3v) is 3.99. The maximum atomic E-state index is 11.4. The van der Waals surface area contributed by atoms with Crippen molar-refractivity contribution >= 4 is 33.4 Å². The number of carbonyl (C=O) groups excluding carboxylic acids is 1. The fraction of sp³-hybridized carbons (Fsp3) is 0.214. The van der Waals surface area contributed by atoms with Gasteiger partial charge in [0.25, 0.3) is 0 Å². The number of nitrogens with zero attached hydrogens (tertiary/aromatic N) is 2. The lowest BCUT2D eigenvalue weighted by Crippen LogP contribution is -2.06. The lowest BCUT2D eigenvalue weighted by atomic mass is 10.1. The smallest absolute Gasteiger partial charge is 0.358 e. The van der Waals surface area contributed by atoms with E-state index in [2.05, 4.69) is 36.0 Å². The molecule has 20 heavy (non-hydrogen) atoms. The average Bonchev–Trinajstić information content (AvgIpc) is 2.44. The molecule has 0 aliphatic carbocycles. The van der Waals surface area contributed by atoms with Crippen LogP contribution in [0.25, 0.3) is 0 Å². The molecule has 0 saturated carbocycles. The Morgan fingerprint density at radius 3 is 2.50 bits per heavy atom. The van der Waals surface area contributed by atoms with E-state index in [1.54, 1.807) is 6.20 Å². The predicted octanol–water partition coefficient (Wildman–Crippen LogP) is 3.39. The summed E-state index contributed by atoms with van der Waals surface area (Å²) in [7, 11) is 1.31. The van der Waals surface area contributed by atoms with Gasteiger partial charge >= 0.3 is 5.97 Å². The van der Waals surface area contributed by atoms with Crippen molar-refractivity contribution < 1.29 is 9.53 Å². The first-order valence-corrected chi connectivity index (χ1v) is 6.74. The number of anilines is 2. The van der Waals surface area contributed by atoms with E-state index in [1.165, 1.54) is 13.3 Å². The number of benzene rings is 1. The van der Waals surface area contributed by atoms with Crippen LogP contribution in [0.2, 0.25) is 0 Å². The Kier molecular flexibility index (Phi) is 4.34. The largest absolute Gasteiger partial charge is 0.464 e. The van der Waals surface area contributed by atoms with Gasteiger partial charge in [0.05, 0.1) is 19.5 Å². The molecule has 104 valence electrons. The number of carbonyl (C=O) groups is 1. The van der Waals surface area contributed by atoms with Crippen molar-refractivity contribution in [1.82, 2.24) is 9.97 Å². The summed E-state index contributed by atoms with van der Waals surface area (Å²) >= 11 is 3.52. The number of rotatable bonds is 3. The molecule has 0 radical (unpaired) electrons. The van der Waals surface area contributed by atoms with Gasteiger partial charge in [0.2, 0.25) is 0 Å². The van der Waals surface area contributed by atoms with Crippen molar-refractivity contribution in [3.63, 3.8) is 0 Å². The van der Waals surface area contributed by atoms with Crippen molar-refractivity contribution in [2.75, 3.05) is 12.4 Å². The maximum absolute atomic E-state index is 11.4. The first-order chi connectivity index (χ1) is 9.51. The highest BCUT2D eigenvalue weighted by molar-refractivity contribution is 9.10. The molecule has 1 aromatic carbocycles. The van der Waals surface area contributed by atoms with Gasteiger partial charge < -0.3 is 10.1 Å². The third-order valence-electron chi connectivity index (χ3n) is 2.74. The zero-order valence-corrected chi connectivity index (χ0v) is 13.0. The summed E-state index contributed by atoms with van der Waals surface area (Å²) in [6, 6.07) is 3.98. The molecule has 2 rings (SSSR count). The zero-order valence-electron chi connectivity index (χ0n) is 11.4. The van der Waals surface area contributed by atoms with Crippen LogP contribution in [-0.4, -0.2) is 23.0 Å². The molecule has 1 heterocycles. The van der Waals surface area contributed by atoms with E-state index in [4.69, 9.17) is 0 Å². The first-order valence-electron chi connectivity index (χ1n) is 5.95. The van der Waals surface area contributed by atoms with E-state index in [9.17, 15) is 4.79 Å². The Labute approximate surface area is 125 Å². The first kappa shape index (κ1) is 14.5. The van der Waals surface area contributed by atoms with Gasteiger partial charge in [-0.05, 0) is 37.1 Å². The van der Waals surface area contributed by atoms with Gasteiger partial charge in [-0.3, -0.25) is 4.98 Å². The minimum absolute atomic E-state index is 0.169. The van der Waals surface area contributed by atoms with E-state index < -0.39 is 5.97 Å². The Morgan fingerprint density at radius 2 is 1.90 bits per heavy atom. The average molecular weight is 336 g/mol. The molecule has 5 nitrogen and oxygen atoms in total. The van der Waals surface area contributed by atoms with Gasteiger partial charge in [-0.15, -0.1) is 0 Å². The number of esters is 1. The molecule has 0 atom stereocenters. The van der Waals surface area contributed by atoms with Crippen LogP contribution >= 0.6 is 15.9 Å². The molecule has 0 aliphatic rings. The summed E-state index contributed by atoms with van der Waals surface area (Å²) in [5.74, 6) is -0.0154. The van der Waals surface area contributed by atoms with Crippen LogP contribution < -0.4 is 5.32 Å². The number of aryl methyl sites for hydroxylation is 2. The van der Waals surface area contributed by atoms with Gasteiger partial charge in [-0.2, -0.15) is 0 Å². The number of methoxy groups -OCH3 is 1. The Hall–Kier alpha value is -1.95. The third kappa shape index (κ3) is 3.14. The molecule has 0 aliphatic heterocycles. The summed E-state index contributed by atoms with van der Waals surface area (Å²) in [6.07, 6.45) is 2.92. The van der Waals surface area contributed by atoms with Crippen LogP contribution in [0.15, 0.2) is 29.0 Å². The summed E-state index contributed by atoms with van der Waals surface area (Å²) in [6.45, 7) is 4.03. The highest BCUT2D eigenvalue weighted by Gasteiger charge is 2.09. The summed E-state index contributed by atoms with van der Waals surface area (Å²) in [4.78, 5) is 19.6. The lowest BCUT2D eigenvalue weighted by molar-refractivity contribution is 0.0593. The monoisotopic (exact) mass is 335 g/mol. The second kappa shape index (κ2) is 6.00. The molecule has 0 spiro atoms. The quantitative estimate of drug-likeness (QED) is 0.871. The number of ether oxygens (including phenoxy) is 1. The minimum Gasteiger partial charge on any atom is -0.464 e. The van der Waals surface area contributed by atoms with Gasteiger partial charge in [0, 0.05) is 10.2 Å². The highest BCUT2D eigenvalue weighted by atomic mass is 79.9. The fourth-order valence-corrected chi connectivity index (χ4v) is 2.02. The zero-order chi connectivity index (χ0) is 14.7. The fourth-order valence-electron chi connectivity index (χ4n) is 1.80. The molecule has 0 bridgehead atoms. The van der Waals surface area contributed by atoms with Crippen molar-refractivity contribution in [3.05, 3.63) is 45.8 Å². The standard InChI is InChI=1S/C14H14BrN3O2/c1-8-4-10(5-9(2)13(8)15)17-12-7-16-6-11(18-12)14(19)20-3/h4-7H,1-3H3,(H,17,18). The van der Waals surface area contributed by atoms with E-state index >= 15 is 0 Å². The molecular weight excluding hydrogens is 322 g/mol. The second-order valence-corrected chi connectivity index (χ2v) is 5.12. The van der Waals surface area contributed by atoms with Gasteiger partial charge in [0.15, 0.2) is 5.69 Å². The van der Waals surface area contributed by atoms with E-state index in [-0.39, 0.29) is 5.69 Å². The van der Waals surface area contributed by atoms with Crippen LogP contribution in [-0.2, 0) is 4.74 Å². The van der Waals surface area contributed by atoms with Crippen LogP contribution in [0.3, 0.4) is 0 Å². The molecule has 0 unspecified atom stereocenters. The van der Waals surface area contributed by atoms with Gasteiger partial charge in [-0.25, -0.2) is 9.78 Å². The van der Waals surface area contributed by atoms with E-state index in [1.807, 2.05) is 26.0 Å². The van der Waals surface area contributed by atoms with Crippen LogP contribution in [0.5, 0.6) is 0 Å². The van der Waals surface area contributed by atoms with Gasteiger partial charge in [-0.1, -0.05) is 15.9 Å². The van der Waals surface area contributed by atoms with E-state index in [0.29, 0.717) is 5.82 Å². The Bertz CT molecular complexity index is 636. The molecule has 1 N–H and O–H groups in total. The molecule has 2 aromatic rings. The van der Waals surface area contributed by atoms with Crippen LogP contribution in [0, 0.1) is 13.8 Å². The van der Waals surface area contributed by atoms with Crippen molar-refractivity contribution in [2.45, 2.75) is 13.8 Å². The number of hydrogen-bond donors (Lipinski definition) is 1. The predicted molar refractivity (Wildman–Crippen MR) is 80.3 cm³/mol. The number of halogens is 1. The molecule has 0 amide bonds. The topological polar surface area (TPSA) is 64.1 Å². The lowest BCUT2D eigenvalue weighted by Gasteiger charge is -2.10. The molecule has 0 saturated heterocycles. The number of nitrogens with one attached hydrogen (secondary N) is 1. The van der Waals surface area contributed by atoms with Gasteiger partial charge in [0.1, 0.15) is 5.82 Å². The van der Waals surface area contributed by atoms with Crippen LogP contribution in [0.1, 0.15) is 21.6 Å².